The third-order valence-corrected chi connectivity index (χ3v) is 6.61. The molecule has 1 aromatic rings. The summed E-state index contributed by atoms with van der Waals surface area (Å²) in [5, 5.41) is 0. The second kappa shape index (κ2) is 7.45. The molecule has 0 unspecified atom stereocenters. The monoisotopic (exact) mass is 342 g/mol. The summed E-state index contributed by atoms with van der Waals surface area (Å²) < 4.78 is 5.52. The fourth-order valence-corrected chi connectivity index (χ4v) is 4.87. The van der Waals surface area contributed by atoms with E-state index in [0.717, 1.165) is 45.6 Å². The number of pyridine rings is 1. The Morgan fingerprint density at radius 1 is 1.16 bits per heavy atom. The third-order valence-electron chi connectivity index (χ3n) is 6.61. The number of ether oxygens (including phenoxy) is 1. The summed E-state index contributed by atoms with van der Waals surface area (Å²) in [5.74, 6) is 1.31. The number of hydrogen-bond donors (Lipinski definition) is 0. The molecule has 1 atom stereocenters. The van der Waals surface area contributed by atoms with Crippen LogP contribution in [0.1, 0.15) is 56.9 Å². The molecule has 2 aliphatic carbocycles. The fourth-order valence-electron chi connectivity index (χ4n) is 4.87. The smallest absolute Gasteiger partial charge is 0.226 e. The molecule has 0 bridgehead atoms. The second-order valence-corrected chi connectivity index (χ2v) is 8.31. The number of amides is 1. The normalized spacial score (nSPS) is 25.7. The van der Waals surface area contributed by atoms with Crippen LogP contribution < -0.4 is 0 Å². The van der Waals surface area contributed by atoms with Crippen LogP contribution in [0, 0.1) is 17.3 Å². The van der Waals surface area contributed by atoms with Crippen LogP contribution in [0.15, 0.2) is 24.5 Å². The zero-order chi connectivity index (χ0) is 17.1. The summed E-state index contributed by atoms with van der Waals surface area (Å²) in [7, 11) is 0. The highest BCUT2D eigenvalue weighted by molar-refractivity contribution is 5.82. The van der Waals surface area contributed by atoms with Crippen molar-refractivity contribution in [2.45, 2.75) is 57.9 Å². The number of carbonyl (C=O) groups excluding carboxylic acids is 1. The van der Waals surface area contributed by atoms with Gasteiger partial charge in [-0.1, -0.05) is 19.3 Å². The van der Waals surface area contributed by atoms with Crippen LogP contribution in [-0.2, 0) is 16.1 Å². The molecule has 25 heavy (non-hydrogen) atoms. The number of aromatic nitrogens is 1. The standard InChI is InChI=1S/C21H30N2O2/c24-20(19-14-21(19)8-12-25-13-9-21)23(15-17-4-2-1-3-5-17)16-18-6-10-22-11-7-18/h6-7,10-11,17,19H,1-5,8-9,12-16H2/t19-/m0/s1. The Bertz CT molecular complexity index is 577. The quantitative estimate of drug-likeness (QED) is 0.817. The van der Waals surface area contributed by atoms with E-state index in [2.05, 4.69) is 9.88 Å². The Kier molecular flexibility index (Phi) is 5.07. The summed E-state index contributed by atoms with van der Waals surface area (Å²) in [6.07, 6.45) is 13.4. The molecule has 1 aliphatic heterocycles. The molecule has 3 fully saturated rings. The molecule has 1 saturated heterocycles. The zero-order valence-corrected chi connectivity index (χ0v) is 15.2. The van der Waals surface area contributed by atoms with Gasteiger partial charge in [-0.05, 0) is 61.1 Å². The summed E-state index contributed by atoms with van der Waals surface area (Å²) >= 11 is 0. The molecule has 3 aliphatic rings. The minimum atomic E-state index is 0.238. The van der Waals surface area contributed by atoms with Crippen molar-refractivity contribution in [3.63, 3.8) is 0 Å². The van der Waals surface area contributed by atoms with Crippen LogP contribution in [0.3, 0.4) is 0 Å². The van der Waals surface area contributed by atoms with Gasteiger partial charge in [0.25, 0.3) is 0 Å². The molecule has 0 N–H and O–H groups in total. The van der Waals surface area contributed by atoms with Crippen LogP contribution >= 0.6 is 0 Å². The van der Waals surface area contributed by atoms with Crippen LogP contribution in [0.2, 0.25) is 0 Å². The van der Waals surface area contributed by atoms with E-state index in [9.17, 15) is 4.79 Å². The molecule has 0 aromatic carbocycles. The SMILES string of the molecule is O=C([C@@H]1CC12CCOCC2)N(Cc1ccncc1)CC1CCCCC1. The van der Waals surface area contributed by atoms with Crippen molar-refractivity contribution >= 4 is 5.91 Å². The van der Waals surface area contributed by atoms with E-state index in [0.29, 0.717) is 11.8 Å². The first kappa shape index (κ1) is 17.0. The molecular weight excluding hydrogens is 312 g/mol. The molecule has 1 aromatic heterocycles. The Morgan fingerprint density at radius 2 is 1.88 bits per heavy atom. The first-order valence-electron chi connectivity index (χ1n) is 10.0. The van der Waals surface area contributed by atoms with Crippen molar-refractivity contribution < 1.29 is 9.53 Å². The topological polar surface area (TPSA) is 42.4 Å². The Morgan fingerprint density at radius 3 is 2.60 bits per heavy atom. The van der Waals surface area contributed by atoms with Crippen molar-refractivity contribution in [2.75, 3.05) is 19.8 Å². The highest BCUT2D eigenvalue weighted by Crippen LogP contribution is 2.59. The Labute approximate surface area is 151 Å². The van der Waals surface area contributed by atoms with Gasteiger partial charge in [-0.15, -0.1) is 0 Å². The highest BCUT2D eigenvalue weighted by atomic mass is 16.5. The van der Waals surface area contributed by atoms with Gasteiger partial charge in [-0.25, -0.2) is 0 Å². The molecule has 4 nitrogen and oxygen atoms in total. The van der Waals surface area contributed by atoms with Crippen molar-refractivity contribution in [3.05, 3.63) is 30.1 Å². The van der Waals surface area contributed by atoms with E-state index in [1.165, 1.54) is 37.7 Å². The lowest BCUT2D eigenvalue weighted by Gasteiger charge is -2.31. The third kappa shape index (κ3) is 3.89. The highest BCUT2D eigenvalue weighted by Gasteiger charge is 2.58. The predicted molar refractivity (Wildman–Crippen MR) is 96.8 cm³/mol. The van der Waals surface area contributed by atoms with E-state index in [1.807, 2.05) is 24.5 Å². The van der Waals surface area contributed by atoms with Crippen LogP contribution in [0.5, 0.6) is 0 Å². The van der Waals surface area contributed by atoms with Crippen LogP contribution in [-0.4, -0.2) is 35.5 Å². The number of rotatable bonds is 5. The summed E-state index contributed by atoms with van der Waals surface area (Å²) in [4.78, 5) is 19.6. The fraction of sp³-hybridized carbons (Fsp3) is 0.714. The molecule has 136 valence electrons. The number of hydrogen-bond acceptors (Lipinski definition) is 3. The molecule has 2 heterocycles. The van der Waals surface area contributed by atoms with Gasteiger partial charge in [-0.3, -0.25) is 9.78 Å². The number of nitrogens with zero attached hydrogens (tertiary/aromatic N) is 2. The minimum Gasteiger partial charge on any atom is -0.381 e. The van der Waals surface area contributed by atoms with Gasteiger partial charge in [0.1, 0.15) is 0 Å². The van der Waals surface area contributed by atoms with Gasteiger partial charge in [-0.2, -0.15) is 0 Å². The van der Waals surface area contributed by atoms with Crippen LogP contribution in [0.4, 0.5) is 0 Å². The summed E-state index contributed by atoms with van der Waals surface area (Å²) in [5.41, 5.74) is 1.46. The molecular formula is C21H30N2O2. The van der Waals surface area contributed by atoms with Crippen molar-refractivity contribution in [1.82, 2.24) is 9.88 Å². The maximum Gasteiger partial charge on any atom is 0.226 e. The maximum absolute atomic E-state index is 13.3. The molecule has 1 spiro atoms. The molecule has 1 amide bonds. The molecule has 2 saturated carbocycles. The average Bonchev–Trinajstić information content (AvgIpc) is 3.35. The van der Waals surface area contributed by atoms with Crippen molar-refractivity contribution in [3.8, 4) is 0 Å². The molecule has 4 heteroatoms. The zero-order valence-electron chi connectivity index (χ0n) is 15.2. The second-order valence-electron chi connectivity index (χ2n) is 8.31. The lowest BCUT2D eigenvalue weighted by atomic mass is 9.88. The number of carbonyl (C=O) groups is 1. The minimum absolute atomic E-state index is 0.238. The summed E-state index contributed by atoms with van der Waals surface area (Å²) in [6, 6.07) is 4.08. The first-order chi connectivity index (χ1) is 12.3. The van der Waals surface area contributed by atoms with E-state index in [4.69, 9.17) is 4.74 Å². The molecule has 4 rings (SSSR count). The van der Waals surface area contributed by atoms with E-state index in [1.54, 1.807) is 0 Å². The van der Waals surface area contributed by atoms with Gasteiger partial charge in [0, 0.05) is 44.6 Å². The van der Waals surface area contributed by atoms with Gasteiger partial charge in [0.15, 0.2) is 0 Å². The van der Waals surface area contributed by atoms with Gasteiger partial charge in [0.2, 0.25) is 5.91 Å². The average molecular weight is 342 g/mol. The van der Waals surface area contributed by atoms with Crippen LogP contribution in [0.25, 0.3) is 0 Å². The largest absolute Gasteiger partial charge is 0.381 e. The van der Waals surface area contributed by atoms with Crippen molar-refractivity contribution in [2.24, 2.45) is 17.3 Å². The van der Waals surface area contributed by atoms with Crippen molar-refractivity contribution in [1.29, 1.82) is 0 Å². The van der Waals surface area contributed by atoms with Gasteiger partial charge in [0.05, 0.1) is 0 Å². The van der Waals surface area contributed by atoms with E-state index in [-0.39, 0.29) is 11.3 Å². The molecule has 0 radical (unpaired) electrons. The van der Waals surface area contributed by atoms with E-state index < -0.39 is 0 Å². The van der Waals surface area contributed by atoms with Gasteiger partial charge < -0.3 is 9.64 Å². The predicted octanol–water partition coefficient (Wildman–Crippen LogP) is 3.81. The first-order valence-corrected chi connectivity index (χ1v) is 10.0. The van der Waals surface area contributed by atoms with Gasteiger partial charge >= 0.3 is 0 Å². The maximum atomic E-state index is 13.3. The van der Waals surface area contributed by atoms with E-state index >= 15 is 0 Å². The lowest BCUT2D eigenvalue weighted by Crippen LogP contribution is -2.38. The lowest BCUT2D eigenvalue weighted by molar-refractivity contribution is -0.135. The Hall–Kier alpha value is -1.42. The summed E-state index contributed by atoms with van der Waals surface area (Å²) in [6.45, 7) is 3.33. The Balaban J connectivity index is 1.45.